The molecule has 0 aliphatic carbocycles. The van der Waals surface area contributed by atoms with Gasteiger partial charge in [0.15, 0.2) is 5.82 Å². The number of aromatic amines is 1. The Kier molecular flexibility index (Phi) is 5.63. The molecule has 0 radical (unpaired) electrons. The van der Waals surface area contributed by atoms with Gasteiger partial charge in [-0.1, -0.05) is 33.1 Å². The molecule has 0 spiro atoms. The first-order chi connectivity index (χ1) is 11.0. The van der Waals surface area contributed by atoms with Gasteiger partial charge in [0.25, 0.3) is 12.0 Å². The Morgan fingerprint density at radius 1 is 1.26 bits per heavy atom. The number of nitrogens with zero attached hydrogens (tertiary/aromatic N) is 1. The number of fused-ring (bicyclic) bond motifs is 1. The highest BCUT2D eigenvalue weighted by Crippen LogP contribution is 2.20. The van der Waals surface area contributed by atoms with Gasteiger partial charge in [-0.3, -0.25) is 4.79 Å². The number of hydrogen-bond donors (Lipinski definition) is 1. The summed E-state index contributed by atoms with van der Waals surface area (Å²) in [5, 5.41) is 0.0820. The van der Waals surface area contributed by atoms with Gasteiger partial charge in [-0.25, -0.2) is 13.6 Å². The molecule has 2 aromatic heterocycles. The van der Waals surface area contributed by atoms with Gasteiger partial charge in [0.1, 0.15) is 5.39 Å². The van der Waals surface area contributed by atoms with Crippen molar-refractivity contribution in [2.45, 2.75) is 52.4 Å². The third kappa shape index (κ3) is 4.03. The van der Waals surface area contributed by atoms with Gasteiger partial charge in [0, 0.05) is 6.07 Å². The zero-order chi connectivity index (χ0) is 17.0. The van der Waals surface area contributed by atoms with Gasteiger partial charge < -0.3 is 9.40 Å². The highest BCUT2D eigenvalue weighted by Gasteiger charge is 2.17. The number of H-pyrrole nitrogens is 1. The zero-order valence-electron chi connectivity index (χ0n) is 13.2. The van der Waals surface area contributed by atoms with Gasteiger partial charge in [0.05, 0.1) is 0 Å². The fourth-order valence-electron chi connectivity index (χ4n) is 2.74. The van der Waals surface area contributed by atoms with E-state index in [1.807, 2.05) is 0 Å². The lowest BCUT2D eigenvalue weighted by atomic mass is 9.95. The van der Waals surface area contributed by atoms with Gasteiger partial charge >= 0.3 is 5.63 Å². The first-order valence-corrected chi connectivity index (χ1v) is 7.81. The van der Waals surface area contributed by atoms with E-state index in [0.29, 0.717) is 17.9 Å². The Hall–Kier alpha value is -2.05. The van der Waals surface area contributed by atoms with Crippen molar-refractivity contribution in [3.05, 3.63) is 38.2 Å². The number of aromatic nitrogens is 2. The minimum atomic E-state index is -2.93. The molecule has 0 atom stereocenters. The van der Waals surface area contributed by atoms with Gasteiger partial charge in [0.2, 0.25) is 5.71 Å². The summed E-state index contributed by atoms with van der Waals surface area (Å²) < 4.78 is 30.2. The average molecular weight is 326 g/mol. The second-order valence-corrected chi connectivity index (χ2v) is 5.60. The van der Waals surface area contributed by atoms with E-state index >= 15 is 0 Å². The van der Waals surface area contributed by atoms with E-state index in [9.17, 15) is 18.4 Å². The van der Waals surface area contributed by atoms with Crippen LogP contribution in [-0.4, -0.2) is 9.97 Å². The topological polar surface area (TPSA) is 76.0 Å². The van der Waals surface area contributed by atoms with Crippen LogP contribution < -0.4 is 11.2 Å². The molecule has 0 unspecified atom stereocenters. The van der Waals surface area contributed by atoms with Crippen LogP contribution in [0.5, 0.6) is 0 Å². The van der Waals surface area contributed by atoms with Crippen LogP contribution in [0.1, 0.15) is 57.3 Å². The number of alkyl halides is 2. The summed E-state index contributed by atoms with van der Waals surface area (Å²) in [6.07, 6.45) is 1.52. The van der Waals surface area contributed by atoms with Crippen molar-refractivity contribution >= 4 is 11.1 Å². The molecule has 126 valence electrons. The maximum atomic E-state index is 12.7. The van der Waals surface area contributed by atoms with Crippen LogP contribution in [0.2, 0.25) is 0 Å². The zero-order valence-corrected chi connectivity index (χ0v) is 13.2. The fourth-order valence-corrected chi connectivity index (χ4v) is 2.74. The molecule has 1 N–H and O–H groups in total. The third-order valence-corrected chi connectivity index (χ3v) is 4.13. The van der Waals surface area contributed by atoms with Crippen molar-refractivity contribution in [3.63, 3.8) is 0 Å². The van der Waals surface area contributed by atoms with Crippen LogP contribution in [0.25, 0.3) is 11.1 Å². The molecule has 23 heavy (non-hydrogen) atoms. The number of halogens is 2. The van der Waals surface area contributed by atoms with E-state index in [1.54, 1.807) is 0 Å². The molecule has 2 rings (SSSR count). The first-order valence-electron chi connectivity index (χ1n) is 7.81. The molecular formula is C16H20F2N2O3. The summed E-state index contributed by atoms with van der Waals surface area (Å²) in [4.78, 5) is 29.3. The molecule has 2 heterocycles. The Morgan fingerprint density at radius 2 is 1.96 bits per heavy atom. The smallest absolute Gasteiger partial charge is 0.337 e. The van der Waals surface area contributed by atoms with Crippen molar-refractivity contribution in [2.75, 3.05) is 0 Å². The Labute approximate surface area is 131 Å². The maximum Gasteiger partial charge on any atom is 0.337 e. The lowest BCUT2D eigenvalue weighted by Gasteiger charge is -2.12. The lowest BCUT2D eigenvalue weighted by Crippen LogP contribution is -2.16. The second kappa shape index (κ2) is 7.48. The highest BCUT2D eigenvalue weighted by atomic mass is 19.3. The molecule has 2 aromatic rings. The second-order valence-electron chi connectivity index (χ2n) is 5.60. The summed E-state index contributed by atoms with van der Waals surface area (Å²) in [6, 6.07) is 1.24. The summed E-state index contributed by atoms with van der Waals surface area (Å²) in [5.74, 6) is -0.192. The largest absolute Gasteiger partial charge is 0.403 e. The molecule has 0 aromatic carbocycles. The summed E-state index contributed by atoms with van der Waals surface area (Å²) >= 11 is 0. The molecule has 7 heteroatoms. The number of rotatable bonds is 7. The van der Waals surface area contributed by atoms with E-state index in [4.69, 9.17) is 4.42 Å². The highest BCUT2D eigenvalue weighted by molar-refractivity contribution is 5.75. The van der Waals surface area contributed by atoms with E-state index < -0.39 is 23.4 Å². The SMILES string of the molecule is CCC(CC)CCCc1cc(=O)oc2nc(C(F)F)[nH]c(=O)c12. The van der Waals surface area contributed by atoms with E-state index in [1.165, 1.54) is 6.07 Å². The molecule has 0 aliphatic heterocycles. The monoisotopic (exact) mass is 326 g/mol. The van der Waals surface area contributed by atoms with Crippen LogP contribution in [0.4, 0.5) is 8.78 Å². The molecule has 0 bridgehead atoms. The summed E-state index contributed by atoms with van der Waals surface area (Å²) in [7, 11) is 0. The predicted octanol–water partition coefficient (Wildman–Crippen LogP) is 3.57. The number of hydrogen-bond acceptors (Lipinski definition) is 4. The number of nitrogens with one attached hydrogen (secondary N) is 1. The molecule has 0 fully saturated rings. The van der Waals surface area contributed by atoms with Crippen LogP contribution in [-0.2, 0) is 6.42 Å². The van der Waals surface area contributed by atoms with Crippen molar-refractivity contribution in [1.29, 1.82) is 0 Å². The molecule has 0 amide bonds. The van der Waals surface area contributed by atoms with E-state index in [-0.39, 0.29) is 11.1 Å². The Bertz CT molecular complexity index is 779. The van der Waals surface area contributed by atoms with Crippen LogP contribution in [0, 0.1) is 5.92 Å². The first kappa shape index (κ1) is 17.3. The van der Waals surface area contributed by atoms with Gasteiger partial charge in [-0.15, -0.1) is 0 Å². The quantitative estimate of drug-likeness (QED) is 0.844. The Balaban J connectivity index is 2.36. The maximum absolute atomic E-state index is 12.7. The standard InChI is InChI=1S/C16H20F2N2O3/c1-3-9(4-2)6-5-7-10-8-11(21)23-16-12(10)15(22)19-14(20-16)13(17)18/h8-9,13H,3-7H2,1-2H3,(H,19,20,22). The molecule has 0 saturated heterocycles. The lowest BCUT2D eigenvalue weighted by molar-refractivity contribution is 0.140. The van der Waals surface area contributed by atoms with Gasteiger partial charge in [-0.05, 0) is 24.3 Å². The minimum Gasteiger partial charge on any atom is -0.403 e. The van der Waals surface area contributed by atoms with Crippen molar-refractivity contribution in [2.24, 2.45) is 5.92 Å². The Morgan fingerprint density at radius 3 is 2.57 bits per heavy atom. The summed E-state index contributed by atoms with van der Waals surface area (Å²) in [6.45, 7) is 4.25. The molecule has 0 aliphatic rings. The van der Waals surface area contributed by atoms with Crippen molar-refractivity contribution in [1.82, 2.24) is 9.97 Å². The molecular weight excluding hydrogens is 306 g/mol. The van der Waals surface area contributed by atoms with Gasteiger partial charge in [-0.2, -0.15) is 4.98 Å². The van der Waals surface area contributed by atoms with Crippen molar-refractivity contribution in [3.8, 4) is 0 Å². The van der Waals surface area contributed by atoms with Crippen LogP contribution >= 0.6 is 0 Å². The van der Waals surface area contributed by atoms with E-state index in [2.05, 4.69) is 23.8 Å². The number of aryl methyl sites for hydroxylation is 1. The summed E-state index contributed by atoms with van der Waals surface area (Å²) in [5.41, 5.74) is -1.22. The normalized spacial score (nSPS) is 11.7. The average Bonchev–Trinajstić information content (AvgIpc) is 2.50. The van der Waals surface area contributed by atoms with E-state index in [0.717, 1.165) is 25.7 Å². The minimum absolute atomic E-state index is 0.0820. The fraction of sp³-hybridized carbons (Fsp3) is 0.562. The van der Waals surface area contributed by atoms with Crippen LogP contribution in [0.3, 0.4) is 0 Å². The predicted molar refractivity (Wildman–Crippen MR) is 82.9 cm³/mol. The molecule has 0 saturated carbocycles. The van der Waals surface area contributed by atoms with Crippen LogP contribution in [0.15, 0.2) is 20.1 Å². The molecule has 5 nitrogen and oxygen atoms in total. The third-order valence-electron chi connectivity index (χ3n) is 4.13. The van der Waals surface area contributed by atoms with Crippen molar-refractivity contribution < 1.29 is 13.2 Å².